The van der Waals surface area contributed by atoms with Gasteiger partial charge in [-0.25, -0.2) is 0 Å². The molecule has 134 valence electrons. The molecule has 0 spiro atoms. The molecule has 1 amide bonds. The van der Waals surface area contributed by atoms with E-state index in [1.165, 1.54) is 0 Å². The molecule has 0 aliphatic carbocycles. The third-order valence-electron chi connectivity index (χ3n) is 4.14. The molecular formula is C20H20ClN3O2. The van der Waals surface area contributed by atoms with Gasteiger partial charge in [-0.1, -0.05) is 47.1 Å². The standard InChI is InChI=1S/C20H20ClN3O2/c1-24(2)18(14-6-4-3-5-7-14)13-22-20(25)17-12-19(26-23-17)15-8-10-16(21)11-9-15/h3-12,18H,13H2,1-2H3,(H,22,25)/t18-/m0/s1. The minimum Gasteiger partial charge on any atom is -0.355 e. The average molecular weight is 370 g/mol. The molecule has 6 heteroatoms. The van der Waals surface area contributed by atoms with Crippen LogP contribution in [-0.4, -0.2) is 36.6 Å². The molecule has 1 N–H and O–H groups in total. The van der Waals surface area contributed by atoms with Crippen LogP contribution in [0.5, 0.6) is 0 Å². The zero-order valence-corrected chi connectivity index (χ0v) is 15.4. The number of rotatable bonds is 6. The highest BCUT2D eigenvalue weighted by molar-refractivity contribution is 6.30. The summed E-state index contributed by atoms with van der Waals surface area (Å²) in [5.41, 5.74) is 2.21. The molecule has 0 aliphatic heterocycles. The van der Waals surface area contributed by atoms with E-state index >= 15 is 0 Å². The molecule has 0 fully saturated rings. The number of carbonyl (C=O) groups excluding carboxylic acids is 1. The summed E-state index contributed by atoms with van der Waals surface area (Å²) in [5.74, 6) is 0.260. The van der Waals surface area contributed by atoms with Gasteiger partial charge >= 0.3 is 0 Å². The predicted molar refractivity (Wildman–Crippen MR) is 102 cm³/mol. The Morgan fingerprint density at radius 1 is 1.15 bits per heavy atom. The lowest BCUT2D eigenvalue weighted by Gasteiger charge is -2.24. The normalized spacial score (nSPS) is 12.2. The molecule has 1 atom stereocenters. The zero-order valence-electron chi connectivity index (χ0n) is 14.6. The van der Waals surface area contributed by atoms with Crippen molar-refractivity contribution in [2.45, 2.75) is 6.04 Å². The maximum Gasteiger partial charge on any atom is 0.273 e. The van der Waals surface area contributed by atoms with E-state index in [4.69, 9.17) is 16.1 Å². The lowest BCUT2D eigenvalue weighted by molar-refractivity contribution is 0.0933. The summed E-state index contributed by atoms with van der Waals surface area (Å²) in [6, 6.07) is 18.9. The highest BCUT2D eigenvalue weighted by Crippen LogP contribution is 2.22. The summed E-state index contributed by atoms with van der Waals surface area (Å²) in [7, 11) is 3.97. The number of nitrogens with one attached hydrogen (secondary N) is 1. The molecule has 0 radical (unpaired) electrons. The van der Waals surface area contributed by atoms with E-state index in [0.29, 0.717) is 17.3 Å². The van der Waals surface area contributed by atoms with Gasteiger partial charge in [0.25, 0.3) is 5.91 Å². The van der Waals surface area contributed by atoms with Crippen LogP contribution in [0.3, 0.4) is 0 Å². The number of nitrogens with zero attached hydrogens (tertiary/aromatic N) is 2. The molecule has 0 unspecified atom stereocenters. The summed E-state index contributed by atoms with van der Waals surface area (Å²) in [6.07, 6.45) is 0. The van der Waals surface area contributed by atoms with Gasteiger partial charge in [-0.15, -0.1) is 0 Å². The van der Waals surface area contributed by atoms with Gasteiger partial charge in [-0.2, -0.15) is 0 Å². The van der Waals surface area contributed by atoms with Crippen molar-refractivity contribution in [2.24, 2.45) is 0 Å². The Bertz CT molecular complexity index is 860. The van der Waals surface area contributed by atoms with Gasteiger partial charge in [-0.3, -0.25) is 4.79 Å². The van der Waals surface area contributed by atoms with Crippen molar-refractivity contribution in [2.75, 3.05) is 20.6 Å². The fourth-order valence-electron chi connectivity index (χ4n) is 2.69. The van der Waals surface area contributed by atoms with E-state index in [2.05, 4.69) is 15.4 Å². The summed E-state index contributed by atoms with van der Waals surface area (Å²) in [6.45, 7) is 0.471. The SMILES string of the molecule is CN(C)[C@@H](CNC(=O)c1cc(-c2ccc(Cl)cc2)on1)c1ccccc1. The second kappa shape index (κ2) is 8.17. The van der Waals surface area contributed by atoms with Crippen molar-refractivity contribution in [3.05, 3.63) is 76.9 Å². The van der Waals surface area contributed by atoms with E-state index in [-0.39, 0.29) is 17.6 Å². The second-order valence-electron chi connectivity index (χ2n) is 6.18. The fraction of sp³-hybridized carbons (Fsp3) is 0.200. The van der Waals surface area contributed by atoms with Crippen LogP contribution in [0.1, 0.15) is 22.1 Å². The average Bonchev–Trinajstić information content (AvgIpc) is 3.13. The quantitative estimate of drug-likeness (QED) is 0.712. The van der Waals surface area contributed by atoms with E-state index in [1.807, 2.05) is 56.6 Å². The van der Waals surface area contributed by atoms with E-state index in [1.54, 1.807) is 18.2 Å². The third kappa shape index (κ3) is 4.31. The Labute approximate surface area is 157 Å². The molecular weight excluding hydrogens is 350 g/mol. The van der Waals surface area contributed by atoms with Crippen LogP contribution < -0.4 is 5.32 Å². The fourth-order valence-corrected chi connectivity index (χ4v) is 2.81. The Morgan fingerprint density at radius 2 is 1.85 bits per heavy atom. The lowest BCUT2D eigenvalue weighted by Crippen LogP contribution is -2.34. The molecule has 3 aromatic rings. The van der Waals surface area contributed by atoms with Gasteiger partial charge in [-0.05, 0) is 43.9 Å². The van der Waals surface area contributed by atoms with Crippen LogP contribution in [0, 0.1) is 0 Å². The van der Waals surface area contributed by atoms with Gasteiger partial charge in [0.05, 0.1) is 6.04 Å². The zero-order chi connectivity index (χ0) is 18.5. The number of hydrogen-bond donors (Lipinski definition) is 1. The van der Waals surface area contributed by atoms with Gasteiger partial charge in [0.2, 0.25) is 0 Å². The maximum atomic E-state index is 12.4. The molecule has 1 heterocycles. The van der Waals surface area contributed by atoms with E-state index < -0.39 is 0 Å². The summed E-state index contributed by atoms with van der Waals surface area (Å²) >= 11 is 5.89. The highest BCUT2D eigenvalue weighted by atomic mass is 35.5. The summed E-state index contributed by atoms with van der Waals surface area (Å²) in [4.78, 5) is 14.5. The lowest BCUT2D eigenvalue weighted by atomic mass is 10.1. The van der Waals surface area contributed by atoms with Gasteiger partial charge in [0.1, 0.15) is 0 Å². The minimum absolute atomic E-state index is 0.0720. The Kier molecular flexibility index (Phi) is 5.71. The van der Waals surface area contributed by atoms with Crippen LogP contribution in [0.25, 0.3) is 11.3 Å². The topological polar surface area (TPSA) is 58.4 Å². The smallest absolute Gasteiger partial charge is 0.273 e. The molecule has 26 heavy (non-hydrogen) atoms. The molecule has 0 aliphatic rings. The van der Waals surface area contributed by atoms with Crippen LogP contribution in [-0.2, 0) is 0 Å². The number of benzene rings is 2. The van der Waals surface area contributed by atoms with E-state index in [9.17, 15) is 4.79 Å². The van der Waals surface area contributed by atoms with Crippen LogP contribution in [0.15, 0.2) is 65.2 Å². The van der Waals surface area contributed by atoms with Crippen molar-refractivity contribution >= 4 is 17.5 Å². The number of likely N-dealkylation sites (N-methyl/N-ethyl adjacent to an activating group) is 1. The summed E-state index contributed by atoms with van der Waals surface area (Å²) < 4.78 is 5.29. The number of aromatic nitrogens is 1. The Hall–Kier alpha value is -2.63. The number of amides is 1. The Balaban J connectivity index is 1.67. The maximum absolute atomic E-state index is 12.4. The van der Waals surface area contributed by atoms with Crippen molar-refractivity contribution in [1.29, 1.82) is 0 Å². The van der Waals surface area contributed by atoms with Gasteiger partial charge in [0, 0.05) is 23.2 Å². The van der Waals surface area contributed by atoms with Crippen LogP contribution in [0.2, 0.25) is 5.02 Å². The predicted octanol–water partition coefficient (Wildman–Crippen LogP) is 4.03. The van der Waals surface area contributed by atoms with Crippen molar-refractivity contribution in [3.8, 4) is 11.3 Å². The van der Waals surface area contributed by atoms with Crippen molar-refractivity contribution in [3.63, 3.8) is 0 Å². The van der Waals surface area contributed by atoms with E-state index in [0.717, 1.165) is 11.1 Å². The number of carbonyl (C=O) groups is 1. The summed E-state index contributed by atoms with van der Waals surface area (Å²) in [5, 5.41) is 7.45. The van der Waals surface area contributed by atoms with Gasteiger partial charge < -0.3 is 14.7 Å². The molecule has 1 aromatic heterocycles. The number of halogens is 1. The first-order chi connectivity index (χ1) is 12.5. The molecule has 0 saturated carbocycles. The first kappa shape index (κ1) is 18.2. The second-order valence-corrected chi connectivity index (χ2v) is 6.62. The van der Waals surface area contributed by atoms with Crippen LogP contribution >= 0.6 is 11.6 Å². The minimum atomic E-state index is -0.267. The first-order valence-electron chi connectivity index (χ1n) is 8.27. The highest BCUT2D eigenvalue weighted by Gasteiger charge is 2.18. The Morgan fingerprint density at radius 3 is 2.50 bits per heavy atom. The molecule has 3 rings (SSSR count). The molecule has 2 aromatic carbocycles. The third-order valence-corrected chi connectivity index (χ3v) is 4.39. The molecule has 5 nitrogen and oxygen atoms in total. The largest absolute Gasteiger partial charge is 0.355 e. The van der Waals surface area contributed by atoms with Crippen molar-refractivity contribution in [1.82, 2.24) is 15.4 Å². The molecule has 0 saturated heterocycles. The monoisotopic (exact) mass is 369 g/mol. The molecule has 0 bridgehead atoms. The van der Waals surface area contributed by atoms with Gasteiger partial charge in [0.15, 0.2) is 11.5 Å². The van der Waals surface area contributed by atoms with Crippen LogP contribution in [0.4, 0.5) is 0 Å². The number of hydrogen-bond acceptors (Lipinski definition) is 4. The first-order valence-corrected chi connectivity index (χ1v) is 8.64. The van der Waals surface area contributed by atoms with Crippen molar-refractivity contribution < 1.29 is 9.32 Å².